The molecule has 0 bridgehead atoms. The molecule has 0 saturated carbocycles. The van der Waals surface area contributed by atoms with Crippen LogP contribution in [0.1, 0.15) is 19.8 Å². The highest BCUT2D eigenvalue weighted by Gasteiger charge is 2.19. The molecule has 76 valence electrons. The predicted molar refractivity (Wildman–Crippen MR) is 43.4 cm³/mol. The van der Waals surface area contributed by atoms with Crippen LogP contribution in [0, 0.1) is 0 Å². The molecule has 0 aromatic rings. The highest BCUT2D eigenvalue weighted by Crippen LogP contribution is 1.93. The van der Waals surface area contributed by atoms with Crippen LogP contribution < -0.4 is 5.32 Å². The zero-order valence-corrected chi connectivity index (χ0v) is 7.32. The highest BCUT2D eigenvalue weighted by molar-refractivity contribution is 5.77. The van der Waals surface area contributed by atoms with E-state index in [9.17, 15) is 9.59 Å². The molecule has 0 aliphatic carbocycles. The Morgan fingerprint density at radius 1 is 1.46 bits per heavy atom. The first kappa shape index (κ1) is 11.7. The van der Waals surface area contributed by atoms with Gasteiger partial charge in [-0.2, -0.15) is 0 Å². The maximum absolute atomic E-state index is 10.4. The molecule has 0 rings (SSSR count). The summed E-state index contributed by atoms with van der Waals surface area (Å²) in [6, 6.07) is 0. The van der Waals surface area contributed by atoms with E-state index in [0.29, 0.717) is 6.42 Å². The van der Waals surface area contributed by atoms with Crippen molar-refractivity contribution in [2.24, 2.45) is 0 Å². The van der Waals surface area contributed by atoms with Gasteiger partial charge in [-0.25, -0.2) is 9.59 Å². The quantitative estimate of drug-likeness (QED) is 0.419. The third-order valence-electron chi connectivity index (χ3n) is 1.26. The van der Waals surface area contributed by atoms with Crippen LogP contribution >= 0.6 is 0 Å². The van der Waals surface area contributed by atoms with Crippen LogP contribution in [0.15, 0.2) is 0 Å². The monoisotopic (exact) mass is 191 g/mol. The van der Waals surface area contributed by atoms with Crippen LogP contribution in [0.25, 0.3) is 0 Å². The summed E-state index contributed by atoms with van der Waals surface area (Å²) in [5, 5.41) is 18.4. The van der Waals surface area contributed by atoms with Gasteiger partial charge in [0.2, 0.25) is 6.23 Å². The molecule has 0 saturated heterocycles. The molecule has 3 N–H and O–H groups in total. The highest BCUT2D eigenvalue weighted by atomic mass is 16.5. The van der Waals surface area contributed by atoms with E-state index in [0.717, 1.165) is 6.42 Å². The Labute approximate surface area is 75.5 Å². The van der Waals surface area contributed by atoms with Crippen LogP contribution in [0.3, 0.4) is 0 Å². The lowest BCUT2D eigenvalue weighted by atomic mass is 10.4. The first-order valence-electron chi connectivity index (χ1n) is 3.91. The van der Waals surface area contributed by atoms with Gasteiger partial charge in [-0.05, 0) is 6.42 Å². The lowest BCUT2D eigenvalue weighted by Crippen LogP contribution is -2.42. The van der Waals surface area contributed by atoms with E-state index < -0.39 is 18.3 Å². The average molecular weight is 191 g/mol. The molecule has 0 radical (unpaired) electrons. The SMILES string of the molecule is CCCCOC(NC(=O)O)C(=O)O. The molecular formula is C7H13NO5. The molecule has 0 aliphatic heterocycles. The molecule has 1 atom stereocenters. The second kappa shape index (κ2) is 6.24. The third kappa shape index (κ3) is 5.92. The lowest BCUT2D eigenvalue weighted by molar-refractivity contribution is -0.152. The summed E-state index contributed by atoms with van der Waals surface area (Å²) in [6.07, 6.45) is -1.32. The Hall–Kier alpha value is -1.30. The number of hydrogen-bond acceptors (Lipinski definition) is 3. The molecule has 0 aliphatic rings. The van der Waals surface area contributed by atoms with Crippen LogP contribution in [0.4, 0.5) is 4.79 Å². The Morgan fingerprint density at radius 3 is 2.46 bits per heavy atom. The van der Waals surface area contributed by atoms with E-state index in [1.165, 1.54) is 0 Å². The number of hydrogen-bond donors (Lipinski definition) is 3. The maximum Gasteiger partial charge on any atom is 0.407 e. The molecule has 0 heterocycles. The topological polar surface area (TPSA) is 95.9 Å². The molecule has 0 spiro atoms. The molecule has 1 amide bonds. The number of ether oxygens (including phenoxy) is 1. The summed E-state index contributed by atoms with van der Waals surface area (Å²) in [4.78, 5) is 20.5. The molecule has 6 heteroatoms. The molecule has 13 heavy (non-hydrogen) atoms. The zero-order valence-electron chi connectivity index (χ0n) is 7.32. The van der Waals surface area contributed by atoms with Crippen molar-refractivity contribution in [3.05, 3.63) is 0 Å². The lowest BCUT2D eigenvalue weighted by Gasteiger charge is -2.12. The number of nitrogens with one attached hydrogen (secondary N) is 1. The van der Waals surface area contributed by atoms with Gasteiger partial charge in [0.25, 0.3) is 0 Å². The van der Waals surface area contributed by atoms with Gasteiger partial charge in [0.1, 0.15) is 0 Å². The van der Waals surface area contributed by atoms with Gasteiger partial charge in [0, 0.05) is 6.61 Å². The Balaban J connectivity index is 3.81. The van der Waals surface area contributed by atoms with Crippen molar-refractivity contribution in [2.75, 3.05) is 6.61 Å². The standard InChI is InChI=1S/C7H13NO5/c1-2-3-4-13-5(6(9)10)8-7(11)12/h5,8H,2-4H2,1H3,(H,9,10)(H,11,12). The fraction of sp³-hybridized carbons (Fsp3) is 0.714. The van der Waals surface area contributed by atoms with Gasteiger partial charge in [0.15, 0.2) is 0 Å². The average Bonchev–Trinajstić information content (AvgIpc) is 2.02. The predicted octanol–water partition coefficient (Wildman–Crippen LogP) is 0.481. The Kier molecular flexibility index (Phi) is 5.62. The number of amides is 1. The first-order chi connectivity index (χ1) is 6.07. The first-order valence-corrected chi connectivity index (χ1v) is 3.91. The van der Waals surface area contributed by atoms with Gasteiger partial charge in [-0.1, -0.05) is 13.3 Å². The second-order valence-corrected chi connectivity index (χ2v) is 2.39. The summed E-state index contributed by atoms with van der Waals surface area (Å²) >= 11 is 0. The van der Waals surface area contributed by atoms with E-state index in [1.54, 1.807) is 5.32 Å². The van der Waals surface area contributed by atoms with Crippen molar-refractivity contribution < 1.29 is 24.5 Å². The molecule has 0 aromatic carbocycles. The van der Waals surface area contributed by atoms with E-state index >= 15 is 0 Å². The van der Waals surface area contributed by atoms with Gasteiger partial charge < -0.3 is 14.9 Å². The minimum absolute atomic E-state index is 0.230. The van der Waals surface area contributed by atoms with E-state index in [4.69, 9.17) is 14.9 Å². The summed E-state index contributed by atoms with van der Waals surface area (Å²) in [5.74, 6) is -1.33. The van der Waals surface area contributed by atoms with Crippen LogP contribution in [0.5, 0.6) is 0 Å². The normalized spacial score (nSPS) is 12.1. The van der Waals surface area contributed by atoms with E-state index in [1.807, 2.05) is 6.92 Å². The van der Waals surface area contributed by atoms with Crippen LogP contribution in [0.2, 0.25) is 0 Å². The van der Waals surface area contributed by atoms with Crippen LogP contribution in [-0.4, -0.2) is 35.1 Å². The molecule has 0 fully saturated rings. The summed E-state index contributed by atoms with van der Waals surface area (Å²) < 4.78 is 4.76. The van der Waals surface area contributed by atoms with Crippen molar-refractivity contribution in [2.45, 2.75) is 26.0 Å². The number of carboxylic acids is 1. The fourth-order valence-corrected chi connectivity index (χ4v) is 0.632. The fourth-order valence-electron chi connectivity index (χ4n) is 0.632. The van der Waals surface area contributed by atoms with E-state index in [2.05, 4.69) is 0 Å². The van der Waals surface area contributed by atoms with Gasteiger partial charge in [-0.3, -0.25) is 5.32 Å². The van der Waals surface area contributed by atoms with Crippen molar-refractivity contribution in [3.8, 4) is 0 Å². The van der Waals surface area contributed by atoms with Gasteiger partial charge in [-0.15, -0.1) is 0 Å². The number of aliphatic carboxylic acids is 1. The van der Waals surface area contributed by atoms with E-state index in [-0.39, 0.29) is 6.61 Å². The minimum Gasteiger partial charge on any atom is -0.478 e. The smallest absolute Gasteiger partial charge is 0.407 e. The molecular weight excluding hydrogens is 178 g/mol. The number of carboxylic acid groups (broad SMARTS) is 2. The van der Waals surface area contributed by atoms with Crippen molar-refractivity contribution in [1.29, 1.82) is 0 Å². The Bertz CT molecular complexity index is 182. The summed E-state index contributed by atoms with van der Waals surface area (Å²) in [5.41, 5.74) is 0. The third-order valence-corrected chi connectivity index (χ3v) is 1.26. The van der Waals surface area contributed by atoms with Crippen molar-refractivity contribution in [3.63, 3.8) is 0 Å². The largest absolute Gasteiger partial charge is 0.478 e. The molecule has 0 aromatic heterocycles. The minimum atomic E-state index is -1.47. The molecule has 1 unspecified atom stereocenters. The zero-order chi connectivity index (χ0) is 10.3. The van der Waals surface area contributed by atoms with Crippen molar-refractivity contribution in [1.82, 2.24) is 5.32 Å². The summed E-state index contributed by atoms with van der Waals surface area (Å²) in [7, 11) is 0. The second-order valence-electron chi connectivity index (χ2n) is 2.39. The molecule has 6 nitrogen and oxygen atoms in total. The van der Waals surface area contributed by atoms with Crippen LogP contribution in [-0.2, 0) is 9.53 Å². The van der Waals surface area contributed by atoms with Gasteiger partial charge in [0.05, 0.1) is 0 Å². The van der Waals surface area contributed by atoms with Crippen molar-refractivity contribution >= 4 is 12.1 Å². The summed E-state index contributed by atoms with van der Waals surface area (Å²) in [6.45, 7) is 2.15. The number of rotatable bonds is 6. The number of unbranched alkanes of at least 4 members (excludes halogenated alkanes) is 1. The van der Waals surface area contributed by atoms with Gasteiger partial charge >= 0.3 is 12.1 Å². The Morgan fingerprint density at radius 2 is 2.08 bits per heavy atom. The number of carbonyl (C=O) groups is 2. The maximum atomic E-state index is 10.4.